The summed E-state index contributed by atoms with van der Waals surface area (Å²) in [6.45, 7) is 3.57. The van der Waals surface area contributed by atoms with Crippen LogP contribution in [0.1, 0.15) is 44.9 Å². The first-order chi connectivity index (χ1) is 8.84. The molecule has 3 heteroatoms. The molecule has 0 aromatic carbocycles. The number of hydrogen-bond acceptors (Lipinski definition) is 2. The number of amides is 1. The highest BCUT2D eigenvalue weighted by Crippen LogP contribution is 2.43. The van der Waals surface area contributed by atoms with Gasteiger partial charge in [0.2, 0.25) is 5.91 Å². The van der Waals surface area contributed by atoms with E-state index in [9.17, 15) is 4.79 Å². The highest BCUT2D eigenvalue weighted by molar-refractivity contribution is 5.81. The van der Waals surface area contributed by atoms with Crippen LogP contribution in [0.15, 0.2) is 0 Å². The second kappa shape index (κ2) is 4.22. The smallest absolute Gasteiger partial charge is 0.227 e. The van der Waals surface area contributed by atoms with Crippen molar-refractivity contribution >= 4 is 5.91 Å². The summed E-state index contributed by atoms with van der Waals surface area (Å²) in [4.78, 5) is 17.7. The highest BCUT2D eigenvalue weighted by atomic mass is 16.2. The van der Waals surface area contributed by atoms with Crippen LogP contribution in [0.4, 0.5) is 0 Å². The summed E-state index contributed by atoms with van der Waals surface area (Å²) in [7, 11) is 0. The van der Waals surface area contributed by atoms with Crippen molar-refractivity contribution in [1.29, 1.82) is 0 Å². The molecule has 0 aromatic heterocycles. The predicted molar refractivity (Wildman–Crippen MR) is 70.2 cm³/mol. The van der Waals surface area contributed by atoms with Gasteiger partial charge in [0.05, 0.1) is 5.92 Å². The molecule has 100 valence electrons. The van der Waals surface area contributed by atoms with Gasteiger partial charge in [-0.1, -0.05) is 6.42 Å². The minimum absolute atomic E-state index is 0.346. The van der Waals surface area contributed by atoms with Crippen LogP contribution < -0.4 is 0 Å². The lowest BCUT2D eigenvalue weighted by Gasteiger charge is -2.56. The number of nitrogens with zero attached hydrogens (tertiary/aromatic N) is 2. The number of piperidine rings is 4. The van der Waals surface area contributed by atoms with E-state index >= 15 is 0 Å². The van der Waals surface area contributed by atoms with Gasteiger partial charge in [0.15, 0.2) is 0 Å². The molecule has 4 saturated heterocycles. The average molecular weight is 248 g/mol. The Kier molecular flexibility index (Phi) is 2.65. The summed E-state index contributed by atoms with van der Waals surface area (Å²) < 4.78 is 0. The topological polar surface area (TPSA) is 23.6 Å². The van der Waals surface area contributed by atoms with Crippen LogP contribution in [0.5, 0.6) is 0 Å². The zero-order chi connectivity index (χ0) is 12.1. The second-order valence-corrected chi connectivity index (χ2v) is 6.76. The fourth-order valence-corrected chi connectivity index (χ4v) is 5.04. The lowest BCUT2D eigenvalue weighted by Crippen LogP contribution is -2.65. The molecule has 4 fully saturated rings. The third-order valence-electron chi connectivity index (χ3n) is 5.85. The summed E-state index contributed by atoms with van der Waals surface area (Å²) >= 11 is 0. The van der Waals surface area contributed by atoms with Gasteiger partial charge < -0.3 is 4.90 Å². The van der Waals surface area contributed by atoms with E-state index in [0.717, 1.165) is 12.5 Å². The molecule has 3 nitrogen and oxygen atoms in total. The van der Waals surface area contributed by atoms with Crippen molar-refractivity contribution in [3.8, 4) is 0 Å². The Bertz CT molecular complexity index is 354. The normalized spacial score (nSPS) is 44.4. The quantitative estimate of drug-likeness (QED) is 0.653. The van der Waals surface area contributed by atoms with E-state index in [0.29, 0.717) is 23.9 Å². The maximum absolute atomic E-state index is 12.7. The fourth-order valence-electron chi connectivity index (χ4n) is 5.04. The molecule has 18 heavy (non-hydrogen) atoms. The third kappa shape index (κ3) is 1.56. The van der Waals surface area contributed by atoms with Crippen LogP contribution in [0.3, 0.4) is 0 Å². The molecule has 0 saturated carbocycles. The molecular formula is C15H24N2O. The van der Waals surface area contributed by atoms with Crippen LogP contribution in [0.2, 0.25) is 0 Å². The summed E-state index contributed by atoms with van der Waals surface area (Å²) in [5.74, 6) is 1.63. The predicted octanol–water partition coefficient (Wildman–Crippen LogP) is 1.87. The monoisotopic (exact) mass is 248 g/mol. The van der Waals surface area contributed by atoms with Gasteiger partial charge in [-0.3, -0.25) is 9.69 Å². The van der Waals surface area contributed by atoms with Gasteiger partial charge in [-0.05, 0) is 51.0 Å². The molecule has 4 heterocycles. The Morgan fingerprint density at radius 3 is 2.61 bits per heavy atom. The summed E-state index contributed by atoms with van der Waals surface area (Å²) in [5, 5.41) is 0. The molecule has 0 N–H and O–H groups in total. The first kappa shape index (κ1) is 11.3. The van der Waals surface area contributed by atoms with Crippen LogP contribution in [-0.4, -0.2) is 47.4 Å². The van der Waals surface area contributed by atoms with Crippen molar-refractivity contribution in [3.63, 3.8) is 0 Å². The van der Waals surface area contributed by atoms with Crippen molar-refractivity contribution in [1.82, 2.24) is 9.80 Å². The van der Waals surface area contributed by atoms with E-state index in [4.69, 9.17) is 0 Å². The maximum Gasteiger partial charge on any atom is 0.227 e. The first-order valence-electron chi connectivity index (χ1n) is 7.89. The van der Waals surface area contributed by atoms with Gasteiger partial charge in [-0.15, -0.1) is 0 Å². The zero-order valence-corrected chi connectivity index (χ0v) is 11.2. The van der Waals surface area contributed by atoms with Crippen LogP contribution >= 0.6 is 0 Å². The van der Waals surface area contributed by atoms with E-state index in [1.807, 2.05) is 0 Å². The van der Waals surface area contributed by atoms with Gasteiger partial charge in [0.1, 0.15) is 0 Å². The van der Waals surface area contributed by atoms with Crippen molar-refractivity contribution in [3.05, 3.63) is 0 Å². The van der Waals surface area contributed by atoms with Crippen molar-refractivity contribution < 1.29 is 4.79 Å². The first-order valence-corrected chi connectivity index (χ1v) is 7.89. The molecule has 4 aliphatic rings. The van der Waals surface area contributed by atoms with Gasteiger partial charge >= 0.3 is 0 Å². The molecule has 4 atom stereocenters. The Balaban J connectivity index is 1.63. The highest BCUT2D eigenvalue weighted by Gasteiger charge is 2.50. The third-order valence-corrected chi connectivity index (χ3v) is 5.85. The van der Waals surface area contributed by atoms with Crippen LogP contribution in [0, 0.1) is 11.8 Å². The van der Waals surface area contributed by atoms with Crippen molar-refractivity contribution in [2.45, 2.75) is 57.0 Å². The number of carbonyl (C=O) groups is 1. The summed E-state index contributed by atoms with van der Waals surface area (Å²) in [6.07, 6.45) is 8.97. The zero-order valence-electron chi connectivity index (χ0n) is 11.2. The minimum atomic E-state index is 0.346. The summed E-state index contributed by atoms with van der Waals surface area (Å²) in [6, 6.07) is 1.18. The van der Waals surface area contributed by atoms with Gasteiger partial charge in [0, 0.05) is 25.2 Å². The van der Waals surface area contributed by atoms with Gasteiger partial charge in [-0.2, -0.15) is 0 Å². The van der Waals surface area contributed by atoms with E-state index < -0.39 is 0 Å². The molecule has 0 aromatic rings. The van der Waals surface area contributed by atoms with Crippen molar-refractivity contribution in [2.24, 2.45) is 11.8 Å². The molecular weight excluding hydrogens is 224 g/mol. The molecule has 4 rings (SSSR count). The standard InChI is InChI=1S/C15H24N2O/c18-15-12-9-11(13-5-2-4-8-17(13)15)10-16-7-3-1-6-14(12)16/h11-14H,1-10H2/t11-,12+,13+,14+/m0/s1. The molecule has 2 bridgehead atoms. The second-order valence-electron chi connectivity index (χ2n) is 6.76. The number of carbonyl (C=O) groups excluding carboxylic acids is 1. The Hall–Kier alpha value is -0.570. The molecule has 0 aliphatic carbocycles. The number of hydrogen-bond donors (Lipinski definition) is 0. The van der Waals surface area contributed by atoms with Crippen LogP contribution in [-0.2, 0) is 4.79 Å². The average Bonchev–Trinajstić information content (AvgIpc) is 2.44. The Morgan fingerprint density at radius 2 is 1.72 bits per heavy atom. The minimum Gasteiger partial charge on any atom is -0.339 e. The number of rotatable bonds is 0. The summed E-state index contributed by atoms with van der Waals surface area (Å²) in [5.41, 5.74) is 0. The molecule has 1 amide bonds. The molecule has 0 unspecified atom stereocenters. The molecule has 0 radical (unpaired) electrons. The Morgan fingerprint density at radius 1 is 0.944 bits per heavy atom. The van der Waals surface area contributed by atoms with Gasteiger partial charge in [0.25, 0.3) is 0 Å². The largest absolute Gasteiger partial charge is 0.339 e. The van der Waals surface area contributed by atoms with E-state index in [2.05, 4.69) is 9.80 Å². The fraction of sp³-hybridized carbons (Fsp3) is 0.933. The maximum atomic E-state index is 12.7. The van der Waals surface area contributed by atoms with Crippen molar-refractivity contribution in [2.75, 3.05) is 19.6 Å². The lowest BCUT2D eigenvalue weighted by molar-refractivity contribution is -0.158. The Labute approximate surface area is 110 Å². The van der Waals surface area contributed by atoms with Crippen LogP contribution in [0.25, 0.3) is 0 Å². The van der Waals surface area contributed by atoms with E-state index in [-0.39, 0.29) is 0 Å². The SMILES string of the molecule is O=C1[C@@H]2C[C@@H](CN3CCCC[C@H]23)[C@H]2CCCCN12. The van der Waals surface area contributed by atoms with E-state index in [1.54, 1.807) is 0 Å². The molecule has 0 spiro atoms. The molecule has 4 aliphatic heterocycles. The number of fused-ring (bicyclic) bond motifs is 6. The van der Waals surface area contributed by atoms with E-state index in [1.165, 1.54) is 58.0 Å². The lowest BCUT2D eigenvalue weighted by atomic mass is 9.70. The van der Waals surface area contributed by atoms with Gasteiger partial charge in [-0.25, -0.2) is 0 Å².